The van der Waals surface area contributed by atoms with E-state index in [1.807, 2.05) is 26.0 Å². The molecule has 0 saturated carbocycles. The van der Waals surface area contributed by atoms with E-state index in [2.05, 4.69) is 10.1 Å². The van der Waals surface area contributed by atoms with Crippen molar-refractivity contribution in [3.8, 4) is 22.9 Å². The molecule has 30 heavy (non-hydrogen) atoms. The van der Waals surface area contributed by atoms with E-state index in [0.717, 1.165) is 11.3 Å². The minimum atomic E-state index is -0.681. The van der Waals surface area contributed by atoms with Crippen molar-refractivity contribution < 1.29 is 18.8 Å². The lowest BCUT2D eigenvalue weighted by Crippen LogP contribution is -2.43. The Balaban J connectivity index is 1.68. The summed E-state index contributed by atoms with van der Waals surface area (Å²) in [6.45, 7) is 5.76. The number of aromatic nitrogens is 2. The lowest BCUT2D eigenvalue weighted by molar-refractivity contribution is -0.140. The number of rotatable bonds is 8. The van der Waals surface area contributed by atoms with E-state index in [1.54, 1.807) is 55.3 Å². The Bertz CT molecular complexity index is 971. The molecule has 0 N–H and O–H groups in total. The van der Waals surface area contributed by atoms with Crippen molar-refractivity contribution in [2.45, 2.75) is 39.5 Å². The second-order valence-electron chi connectivity index (χ2n) is 7.01. The highest BCUT2D eigenvalue weighted by Gasteiger charge is 2.26. The highest BCUT2D eigenvalue weighted by molar-refractivity contribution is 6.30. The van der Waals surface area contributed by atoms with Gasteiger partial charge >= 0.3 is 0 Å². The summed E-state index contributed by atoms with van der Waals surface area (Å²) in [4.78, 5) is 19.1. The molecule has 0 aliphatic heterocycles. The lowest BCUT2D eigenvalue weighted by atomic mass is 10.2. The van der Waals surface area contributed by atoms with Crippen LogP contribution in [0.15, 0.2) is 53.1 Å². The smallest absolute Gasteiger partial charge is 0.264 e. The van der Waals surface area contributed by atoms with Gasteiger partial charge in [-0.15, -0.1) is 0 Å². The van der Waals surface area contributed by atoms with E-state index < -0.39 is 6.10 Å². The standard InChI is InChI=1S/C22H24ClN3O4/c1-14(2)26(22(27)15(3)29-19-11-9-18(28-4)10-12-19)13-20-24-21(25-30-20)16-5-7-17(23)8-6-16/h5-12,14-15H,13H2,1-4H3/t15-/m1/s1. The number of benzene rings is 2. The summed E-state index contributed by atoms with van der Waals surface area (Å²) in [5, 5.41) is 4.64. The van der Waals surface area contributed by atoms with Gasteiger partial charge in [-0.05, 0) is 69.3 Å². The van der Waals surface area contributed by atoms with Crippen LogP contribution in [0.5, 0.6) is 11.5 Å². The molecule has 0 radical (unpaired) electrons. The van der Waals surface area contributed by atoms with Crippen LogP contribution in [0.25, 0.3) is 11.4 Å². The molecule has 2 aromatic carbocycles. The predicted molar refractivity (Wildman–Crippen MR) is 114 cm³/mol. The van der Waals surface area contributed by atoms with Crippen LogP contribution in [0.3, 0.4) is 0 Å². The molecule has 0 unspecified atom stereocenters. The van der Waals surface area contributed by atoms with E-state index in [0.29, 0.717) is 22.5 Å². The van der Waals surface area contributed by atoms with Crippen LogP contribution in [0, 0.1) is 0 Å². The zero-order chi connectivity index (χ0) is 21.7. The molecule has 1 heterocycles. The number of nitrogens with zero attached hydrogens (tertiary/aromatic N) is 3. The van der Waals surface area contributed by atoms with Crippen LogP contribution in [0.2, 0.25) is 5.02 Å². The van der Waals surface area contributed by atoms with Crippen molar-refractivity contribution in [2.75, 3.05) is 7.11 Å². The van der Waals surface area contributed by atoms with Crippen molar-refractivity contribution in [1.82, 2.24) is 15.0 Å². The van der Waals surface area contributed by atoms with Crippen LogP contribution in [0.4, 0.5) is 0 Å². The average Bonchev–Trinajstić information content (AvgIpc) is 3.21. The van der Waals surface area contributed by atoms with Gasteiger partial charge in [-0.25, -0.2) is 0 Å². The second kappa shape index (κ2) is 9.63. The summed E-state index contributed by atoms with van der Waals surface area (Å²) >= 11 is 5.92. The maximum atomic E-state index is 13.0. The number of carbonyl (C=O) groups excluding carboxylic acids is 1. The summed E-state index contributed by atoms with van der Waals surface area (Å²) in [5.41, 5.74) is 0.785. The summed E-state index contributed by atoms with van der Waals surface area (Å²) in [6.07, 6.45) is -0.681. The SMILES string of the molecule is COc1ccc(O[C@H](C)C(=O)N(Cc2nc(-c3ccc(Cl)cc3)no2)C(C)C)cc1. The molecule has 1 aromatic heterocycles. The van der Waals surface area contributed by atoms with E-state index in [9.17, 15) is 4.79 Å². The maximum absolute atomic E-state index is 13.0. The normalized spacial score (nSPS) is 11.9. The third-order valence-electron chi connectivity index (χ3n) is 4.50. The van der Waals surface area contributed by atoms with Crippen LogP contribution in [0.1, 0.15) is 26.7 Å². The molecule has 3 rings (SSSR count). The van der Waals surface area contributed by atoms with Crippen LogP contribution in [-0.4, -0.2) is 40.2 Å². The molecule has 0 aliphatic carbocycles. The first-order chi connectivity index (χ1) is 14.4. The largest absolute Gasteiger partial charge is 0.497 e. The molecular formula is C22H24ClN3O4. The average molecular weight is 430 g/mol. The topological polar surface area (TPSA) is 77.7 Å². The Labute approximate surface area is 180 Å². The molecule has 0 aliphatic rings. The van der Waals surface area contributed by atoms with Crippen molar-refractivity contribution in [2.24, 2.45) is 0 Å². The summed E-state index contributed by atoms with van der Waals surface area (Å²) in [7, 11) is 1.60. The Hall–Kier alpha value is -3.06. The third-order valence-corrected chi connectivity index (χ3v) is 4.75. The van der Waals surface area contributed by atoms with Gasteiger partial charge in [0.2, 0.25) is 11.7 Å². The first-order valence-corrected chi connectivity index (χ1v) is 9.95. The Morgan fingerprint density at radius 1 is 1.07 bits per heavy atom. The molecule has 3 aromatic rings. The summed E-state index contributed by atoms with van der Waals surface area (Å²) < 4.78 is 16.3. The molecule has 0 spiro atoms. The van der Waals surface area contributed by atoms with Crippen LogP contribution < -0.4 is 9.47 Å². The molecule has 0 fully saturated rings. The zero-order valence-corrected chi connectivity index (χ0v) is 18.1. The van der Waals surface area contributed by atoms with Gasteiger partial charge < -0.3 is 18.9 Å². The van der Waals surface area contributed by atoms with Crippen molar-refractivity contribution in [3.63, 3.8) is 0 Å². The fourth-order valence-electron chi connectivity index (χ4n) is 2.84. The van der Waals surface area contributed by atoms with E-state index >= 15 is 0 Å². The molecule has 0 saturated heterocycles. The minimum absolute atomic E-state index is 0.0784. The fraction of sp³-hybridized carbons (Fsp3) is 0.318. The number of halogens is 1. The monoisotopic (exact) mass is 429 g/mol. The predicted octanol–water partition coefficient (Wildman–Crippen LogP) is 4.60. The van der Waals surface area contributed by atoms with E-state index in [1.165, 1.54) is 0 Å². The highest BCUT2D eigenvalue weighted by Crippen LogP contribution is 2.21. The fourth-order valence-corrected chi connectivity index (χ4v) is 2.96. The number of hydrogen-bond acceptors (Lipinski definition) is 6. The van der Waals surface area contributed by atoms with Crippen LogP contribution in [-0.2, 0) is 11.3 Å². The second-order valence-corrected chi connectivity index (χ2v) is 7.45. The van der Waals surface area contributed by atoms with E-state index in [-0.39, 0.29) is 18.5 Å². The maximum Gasteiger partial charge on any atom is 0.264 e. The Kier molecular flexibility index (Phi) is 6.95. The first kappa shape index (κ1) is 21.6. The number of ether oxygens (including phenoxy) is 2. The van der Waals surface area contributed by atoms with Gasteiger partial charge in [-0.3, -0.25) is 4.79 Å². The highest BCUT2D eigenvalue weighted by atomic mass is 35.5. The van der Waals surface area contributed by atoms with Crippen molar-refractivity contribution in [3.05, 3.63) is 59.4 Å². The van der Waals surface area contributed by atoms with Gasteiger partial charge in [-0.2, -0.15) is 4.98 Å². The zero-order valence-electron chi connectivity index (χ0n) is 17.3. The molecule has 0 bridgehead atoms. The van der Waals surface area contributed by atoms with Crippen molar-refractivity contribution >= 4 is 17.5 Å². The minimum Gasteiger partial charge on any atom is -0.497 e. The van der Waals surface area contributed by atoms with Gasteiger partial charge in [0, 0.05) is 16.6 Å². The molecule has 158 valence electrons. The molecule has 7 nitrogen and oxygen atoms in total. The Morgan fingerprint density at radius 3 is 2.30 bits per heavy atom. The van der Waals surface area contributed by atoms with Gasteiger partial charge in [0.05, 0.1) is 7.11 Å². The first-order valence-electron chi connectivity index (χ1n) is 9.57. The molecular weight excluding hydrogens is 406 g/mol. The van der Waals surface area contributed by atoms with Crippen LogP contribution >= 0.6 is 11.6 Å². The number of methoxy groups -OCH3 is 1. The van der Waals surface area contributed by atoms with Gasteiger partial charge in [0.1, 0.15) is 18.0 Å². The number of amides is 1. The molecule has 8 heteroatoms. The molecule has 1 amide bonds. The number of carbonyl (C=O) groups is 1. The summed E-state index contributed by atoms with van der Waals surface area (Å²) in [6, 6.07) is 14.2. The van der Waals surface area contributed by atoms with E-state index in [4.69, 9.17) is 25.6 Å². The van der Waals surface area contributed by atoms with Gasteiger partial charge in [-0.1, -0.05) is 16.8 Å². The summed E-state index contributed by atoms with van der Waals surface area (Å²) in [5.74, 6) is 1.92. The van der Waals surface area contributed by atoms with Crippen molar-refractivity contribution in [1.29, 1.82) is 0 Å². The quantitative estimate of drug-likeness (QED) is 0.520. The Morgan fingerprint density at radius 2 is 1.70 bits per heavy atom. The molecule has 1 atom stereocenters. The number of hydrogen-bond donors (Lipinski definition) is 0. The van der Waals surface area contributed by atoms with Gasteiger partial charge in [0.15, 0.2) is 6.10 Å². The van der Waals surface area contributed by atoms with Gasteiger partial charge in [0.25, 0.3) is 5.91 Å². The third kappa shape index (κ3) is 5.30. The lowest BCUT2D eigenvalue weighted by Gasteiger charge is -2.28.